The summed E-state index contributed by atoms with van der Waals surface area (Å²) < 4.78 is 0. The van der Waals surface area contributed by atoms with Crippen molar-refractivity contribution < 1.29 is 4.79 Å². The van der Waals surface area contributed by atoms with Crippen molar-refractivity contribution in [2.75, 3.05) is 32.7 Å². The van der Waals surface area contributed by atoms with Crippen molar-refractivity contribution in [1.82, 2.24) is 9.80 Å². The van der Waals surface area contributed by atoms with Crippen LogP contribution in [0.2, 0.25) is 0 Å². The predicted molar refractivity (Wildman–Crippen MR) is 67.3 cm³/mol. The Balaban J connectivity index is 2.35. The van der Waals surface area contributed by atoms with Crippen molar-refractivity contribution in [2.24, 2.45) is 11.3 Å². The number of amides is 1. The Morgan fingerprint density at radius 3 is 2.06 bits per heavy atom. The van der Waals surface area contributed by atoms with E-state index in [1.54, 1.807) is 6.92 Å². The number of carbonyl (C=O) groups is 1. The number of hydrogen-bond acceptors (Lipinski definition) is 2. The van der Waals surface area contributed by atoms with E-state index in [9.17, 15) is 4.79 Å². The molecule has 0 bridgehead atoms. The Labute approximate surface area is 99.8 Å². The third kappa shape index (κ3) is 3.78. The van der Waals surface area contributed by atoms with Crippen LogP contribution >= 0.6 is 0 Å². The molecular formula is C13H26N2O. The van der Waals surface area contributed by atoms with Gasteiger partial charge in [0, 0.05) is 39.6 Å². The molecule has 0 radical (unpaired) electrons. The molecule has 0 saturated carbocycles. The van der Waals surface area contributed by atoms with Crippen LogP contribution in [0.1, 0.15) is 34.6 Å². The van der Waals surface area contributed by atoms with Crippen molar-refractivity contribution in [3.05, 3.63) is 0 Å². The molecule has 0 N–H and O–H groups in total. The number of piperazine rings is 1. The maximum Gasteiger partial charge on any atom is 0.219 e. The normalized spacial score (nSPS) is 20.9. The highest BCUT2D eigenvalue weighted by molar-refractivity contribution is 5.73. The van der Waals surface area contributed by atoms with E-state index in [0.717, 1.165) is 32.7 Å². The molecule has 1 saturated heterocycles. The summed E-state index contributed by atoms with van der Waals surface area (Å²) in [5.41, 5.74) is 0.373. The molecule has 0 aromatic heterocycles. The highest BCUT2D eigenvalue weighted by Crippen LogP contribution is 2.26. The molecular weight excluding hydrogens is 200 g/mol. The first-order chi connectivity index (χ1) is 7.30. The Kier molecular flexibility index (Phi) is 4.36. The third-order valence-corrected chi connectivity index (χ3v) is 3.83. The highest BCUT2D eigenvalue weighted by atomic mass is 16.2. The molecule has 1 unspecified atom stereocenters. The average molecular weight is 226 g/mol. The maximum atomic E-state index is 11.2. The van der Waals surface area contributed by atoms with E-state index in [2.05, 4.69) is 32.6 Å². The molecule has 94 valence electrons. The standard InChI is InChI=1S/C13H26N2O/c1-11(13(3,4)5)10-14-6-8-15(9-7-14)12(2)16/h11H,6-10H2,1-5H3. The summed E-state index contributed by atoms with van der Waals surface area (Å²) in [7, 11) is 0. The average Bonchev–Trinajstić information content (AvgIpc) is 2.17. The molecule has 0 spiro atoms. The quantitative estimate of drug-likeness (QED) is 0.717. The molecule has 3 heteroatoms. The lowest BCUT2D eigenvalue weighted by Crippen LogP contribution is -2.49. The number of rotatable bonds is 2. The van der Waals surface area contributed by atoms with Gasteiger partial charge >= 0.3 is 0 Å². The van der Waals surface area contributed by atoms with Gasteiger partial charge in [0.2, 0.25) is 5.91 Å². The Morgan fingerprint density at radius 2 is 1.69 bits per heavy atom. The summed E-state index contributed by atoms with van der Waals surface area (Å²) >= 11 is 0. The van der Waals surface area contributed by atoms with E-state index in [1.807, 2.05) is 4.90 Å². The minimum Gasteiger partial charge on any atom is -0.340 e. The molecule has 1 aliphatic rings. The van der Waals surface area contributed by atoms with Gasteiger partial charge < -0.3 is 4.90 Å². The van der Waals surface area contributed by atoms with Crippen LogP contribution in [-0.4, -0.2) is 48.4 Å². The fourth-order valence-corrected chi connectivity index (χ4v) is 1.91. The minimum absolute atomic E-state index is 0.212. The van der Waals surface area contributed by atoms with E-state index in [0.29, 0.717) is 11.3 Å². The largest absolute Gasteiger partial charge is 0.340 e. The first kappa shape index (κ1) is 13.5. The van der Waals surface area contributed by atoms with Gasteiger partial charge in [-0.25, -0.2) is 0 Å². The van der Waals surface area contributed by atoms with Gasteiger partial charge in [0.05, 0.1) is 0 Å². The summed E-state index contributed by atoms with van der Waals surface area (Å²) in [5, 5.41) is 0. The lowest BCUT2D eigenvalue weighted by molar-refractivity contribution is -0.130. The van der Waals surface area contributed by atoms with Gasteiger partial charge in [-0.15, -0.1) is 0 Å². The molecule has 1 rings (SSSR count). The van der Waals surface area contributed by atoms with Crippen molar-refractivity contribution >= 4 is 5.91 Å². The summed E-state index contributed by atoms with van der Waals surface area (Å²) in [5.74, 6) is 0.903. The smallest absolute Gasteiger partial charge is 0.219 e. The van der Waals surface area contributed by atoms with Crippen molar-refractivity contribution in [3.63, 3.8) is 0 Å². The molecule has 0 aliphatic carbocycles. The first-order valence-corrected chi connectivity index (χ1v) is 6.28. The van der Waals surface area contributed by atoms with Crippen LogP contribution in [0.25, 0.3) is 0 Å². The van der Waals surface area contributed by atoms with Crippen LogP contribution in [0.3, 0.4) is 0 Å². The van der Waals surface area contributed by atoms with Gasteiger partial charge in [-0.3, -0.25) is 9.69 Å². The second-order valence-electron chi connectivity index (χ2n) is 6.07. The summed E-state index contributed by atoms with van der Waals surface area (Å²) in [4.78, 5) is 15.6. The van der Waals surface area contributed by atoms with Crippen LogP contribution in [0.4, 0.5) is 0 Å². The van der Waals surface area contributed by atoms with Gasteiger partial charge in [-0.05, 0) is 11.3 Å². The van der Waals surface area contributed by atoms with Crippen molar-refractivity contribution in [1.29, 1.82) is 0 Å². The van der Waals surface area contributed by atoms with E-state index in [-0.39, 0.29) is 5.91 Å². The number of carbonyl (C=O) groups excluding carboxylic acids is 1. The molecule has 3 nitrogen and oxygen atoms in total. The second-order valence-corrected chi connectivity index (χ2v) is 6.07. The Bertz CT molecular complexity index is 237. The molecule has 1 amide bonds. The highest BCUT2D eigenvalue weighted by Gasteiger charge is 2.25. The molecule has 0 aromatic rings. The van der Waals surface area contributed by atoms with E-state index < -0.39 is 0 Å². The fourth-order valence-electron chi connectivity index (χ4n) is 1.91. The topological polar surface area (TPSA) is 23.6 Å². The van der Waals surface area contributed by atoms with E-state index in [1.165, 1.54) is 0 Å². The molecule has 1 aliphatic heterocycles. The van der Waals surface area contributed by atoms with Crippen LogP contribution < -0.4 is 0 Å². The zero-order valence-corrected chi connectivity index (χ0v) is 11.4. The van der Waals surface area contributed by atoms with E-state index in [4.69, 9.17) is 0 Å². The second kappa shape index (κ2) is 5.17. The van der Waals surface area contributed by atoms with Gasteiger partial charge in [0.25, 0.3) is 0 Å². The summed E-state index contributed by atoms with van der Waals surface area (Å²) in [6, 6.07) is 0. The molecule has 16 heavy (non-hydrogen) atoms. The van der Waals surface area contributed by atoms with Gasteiger partial charge in [-0.2, -0.15) is 0 Å². The minimum atomic E-state index is 0.212. The van der Waals surface area contributed by atoms with Crippen LogP contribution in [0.15, 0.2) is 0 Å². The number of hydrogen-bond donors (Lipinski definition) is 0. The van der Waals surface area contributed by atoms with Crippen molar-refractivity contribution in [2.45, 2.75) is 34.6 Å². The summed E-state index contributed by atoms with van der Waals surface area (Å²) in [6.07, 6.45) is 0. The Hall–Kier alpha value is -0.570. The van der Waals surface area contributed by atoms with Gasteiger partial charge in [-0.1, -0.05) is 27.7 Å². The van der Waals surface area contributed by atoms with E-state index >= 15 is 0 Å². The molecule has 1 atom stereocenters. The summed E-state index contributed by atoms with van der Waals surface area (Å²) in [6.45, 7) is 15.9. The monoisotopic (exact) mass is 226 g/mol. The van der Waals surface area contributed by atoms with Crippen molar-refractivity contribution in [3.8, 4) is 0 Å². The van der Waals surface area contributed by atoms with Crippen LogP contribution in [-0.2, 0) is 4.79 Å². The SMILES string of the molecule is CC(=O)N1CCN(CC(C)C(C)(C)C)CC1. The lowest BCUT2D eigenvalue weighted by atomic mass is 9.82. The van der Waals surface area contributed by atoms with Crippen LogP contribution in [0.5, 0.6) is 0 Å². The van der Waals surface area contributed by atoms with Gasteiger partial charge in [0.15, 0.2) is 0 Å². The fraction of sp³-hybridized carbons (Fsp3) is 0.923. The number of nitrogens with zero attached hydrogens (tertiary/aromatic N) is 2. The predicted octanol–water partition coefficient (Wildman–Crippen LogP) is 1.83. The zero-order chi connectivity index (χ0) is 12.3. The third-order valence-electron chi connectivity index (χ3n) is 3.83. The molecule has 1 heterocycles. The zero-order valence-electron chi connectivity index (χ0n) is 11.4. The lowest BCUT2D eigenvalue weighted by Gasteiger charge is -2.38. The van der Waals surface area contributed by atoms with Crippen LogP contribution in [0, 0.1) is 11.3 Å². The Morgan fingerprint density at radius 1 is 1.19 bits per heavy atom. The maximum absolute atomic E-state index is 11.2. The molecule has 1 fully saturated rings. The van der Waals surface area contributed by atoms with Gasteiger partial charge in [0.1, 0.15) is 0 Å². The first-order valence-electron chi connectivity index (χ1n) is 6.28. The molecule has 0 aromatic carbocycles.